The molecule has 0 unspecified atom stereocenters. The molecule has 3 rings (SSSR count). The van der Waals surface area contributed by atoms with Crippen LogP contribution in [0.5, 0.6) is 5.75 Å². The van der Waals surface area contributed by atoms with E-state index in [2.05, 4.69) is 11.2 Å². The van der Waals surface area contributed by atoms with Gasteiger partial charge in [-0.05, 0) is 43.5 Å². The predicted molar refractivity (Wildman–Crippen MR) is 68.4 cm³/mol. The van der Waals surface area contributed by atoms with Crippen LogP contribution in [0, 0.1) is 6.92 Å². The maximum absolute atomic E-state index is 5.75. The number of nitrogens with zero attached hydrogens (tertiary/aromatic N) is 1. The van der Waals surface area contributed by atoms with Gasteiger partial charge in [0.2, 0.25) is 0 Å². The van der Waals surface area contributed by atoms with E-state index >= 15 is 0 Å². The summed E-state index contributed by atoms with van der Waals surface area (Å²) in [5, 5.41) is 3.99. The molecule has 2 aromatic rings. The Bertz CT molecular complexity index is 575. The number of ether oxygens (including phenoxy) is 1. The molecule has 0 amide bonds. The van der Waals surface area contributed by atoms with E-state index in [1.165, 1.54) is 5.56 Å². The fraction of sp³-hybridized carbons (Fsp3) is 0.357. The standard InChI is InChI=1S/C14H16N2O2/c1-9-12(8-15)14(18-16-9)11-4-5-13-10(7-11)3-2-6-17-13/h4-5,7H,2-3,6,8,15H2,1H3. The molecule has 0 spiro atoms. The van der Waals surface area contributed by atoms with Crippen LogP contribution < -0.4 is 10.5 Å². The van der Waals surface area contributed by atoms with Crippen LogP contribution in [-0.2, 0) is 13.0 Å². The molecule has 18 heavy (non-hydrogen) atoms. The van der Waals surface area contributed by atoms with Crippen molar-refractivity contribution >= 4 is 0 Å². The predicted octanol–water partition coefficient (Wildman–Crippen LogP) is 2.43. The first kappa shape index (κ1) is 11.3. The molecule has 1 aromatic carbocycles. The number of benzene rings is 1. The molecule has 4 nitrogen and oxygen atoms in total. The first-order valence-electron chi connectivity index (χ1n) is 6.21. The summed E-state index contributed by atoms with van der Waals surface area (Å²) in [5.74, 6) is 1.76. The van der Waals surface area contributed by atoms with Crippen molar-refractivity contribution in [3.63, 3.8) is 0 Å². The van der Waals surface area contributed by atoms with Crippen LogP contribution in [-0.4, -0.2) is 11.8 Å². The lowest BCUT2D eigenvalue weighted by Gasteiger charge is -2.17. The van der Waals surface area contributed by atoms with Crippen molar-refractivity contribution in [2.24, 2.45) is 5.73 Å². The molecule has 2 heterocycles. The van der Waals surface area contributed by atoms with Gasteiger partial charge in [0.15, 0.2) is 5.76 Å². The van der Waals surface area contributed by atoms with Gasteiger partial charge in [0.1, 0.15) is 5.75 Å². The largest absolute Gasteiger partial charge is 0.493 e. The van der Waals surface area contributed by atoms with Crippen LogP contribution >= 0.6 is 0 Å². The van der Waals surface area contributed by atoms with Crippen molar-refractivity contribution in [1.29, 1.82) is 0 Å². The van der Waals surface area contributed by atoms with Gasteiger partial charge < -0.3 is 15.0 Å². The lowest BCUT2D eigenvalue weighted by molar-refractivity contribution is 0.288. The van der Waals surface area contributed by atoms with Crippen molar-refractivity contribution in [3.05, 3.63) is 35.0 Å². The Labute approximate surface area is 106 Å². The van der Waals surface area contributed by atoms with Gasteiger partial charge in [-0.2, -0.15) is 0 Å². The van der Waals surface area contributed by atoms with Crippen molar-refractivity contribution in [2.45, 2.75) is 26.3 Å². The van der Waals surface area contributed by atoms with E-state index in [-0.39, 0.29) is 0 Å². The van der Waals surface area contributed by atoms with Crippen molar-refractivity contribution in [2.75, 3.05) is 6.61 Å². The summed E-state index contributed by atoms with van der Waals surface area (Å²) in [7, 11) is 0. The highest BCUT2D eigenvalue weighted by molar-refractivity contribution is 5.64. The summed E-state index contributed by atoms with van der Waals surface area (Å²) in [4.78, 5) is 0. The Morgan fingerprint density at radius 2 is 2.28 bits per heavy atom. The molecule has 94 valence electrons. The third-order valence-electron chi connectivity index (χ3n) is 3.36. The Morgan fingerprint density at radius 3 is 3.11 bits per heavy atom. The normalized spacial score (nSPS) is 14.1. The first-order chi connectivity index (χ1) is 8.79. The highest BCUT2D eigenvalue weighted by atomic mass is 16.5. The number of aromatic nitrogens is 1. The monoisotopic (exact) mass is 244 g/mol. The minimum atomic E-state index is 0.443. The molecular formula is C14H16N2O2. The molecule has 4 heteroatoms. The molecule has 1 aliphatic heterocycles. The number of aryl methyl sites for hydroxylation is 2. The van der Waals surface area contributed by atoms with Crippen LogP contribution in [0.4, 0.5) is 0 Å². The molecule has 2 N–H and O–H groups in total. The van der Waals surface area contributed by atoms with E-state index in [4.69, 9.17) is 15.0 Å². The summed E-state index contributed by atoms with van der Waals surface area (Å²) in [6, 6.07) is 6.12. The maximum atomic E-state index is 5.75. The lowest BCUT2D eigenvalue weighted by Crippen LogP contribution is -2.08. The second-order valence-electron chi connectivity index (χ2n) is 4.55. The Kier molecular flexibility index (Phi) is 2.80. The van der Waals surface area contributed by atoms with E-state index in [1.807, 2.05) is 19.1 Å². The van der Waals surface area contributed by atoms with Gasteiger partial charge in [-0.25, -0.2) is 0 Å². The van der Waals surface area contributed by atoms with E-state index in [9.17, 15) is 0 Å². The van der Waals surface area contributed by atoms with Gasteiger partial charge in [-0.3, -0.25) is 0 Å². The highest BCUT2D eigenvalue weighted by Crippen LogP contribution is 2.32. The Balaban J connectivity index is 2.06. The zero-order chi connectivity index (χ0) is 12.5. The van der Waals surface area contributed by atoms with E-state index in [1.54, 1.807) is 0 Å². The van der Waals surface area contributed by atoms with E-state index < -0.39 is 0 Å². The number of rotatable bonds is 2. The molecule has 0 bridgehead atoms. The third-order valence-corrected chi connectivity index (χ3v) is 3.36. The van der Waals surface area contributed by atoms with Crippen molar-refractivity contribution < 1.29 is 9.26 Å². The van der Waals surface area contributed by atoms with Gasteiger partial charge in [0.25, 0.3) is 0 Å². The first-order valence-corrected chi connectivity index (χ1v) is 6.21. The summed E-state index contributed by atoms with van der Waals surface area (Å²) < 4.78 is 11.0. The summed E-state index contributed by atoms with van der Waals surface area (Å²) in [6.45, 7) is 3.16. The second-order valence-corrected chi connectivity index (χ2v) is 4.55. The van der Waals surface area contributed by atoms with Crippen LogP contribution in [0.2, 0.25) is 0 Å². The zero-order valence-electron chi connectivity index (χ0n) is 10.4. The molecule has 0 fully saturated rings. The topological polar surface area (TPSA) is 61.3 Å². The summed E-state index contributed by atoms with van der Waals surface area (Å²) in [6.07, 6.45) is 2.11. The van der Waals surface area contributed by atoms with Crippen LogP contribution in [0.25, 0.3) is 11.3 Å². The van der Waals surface area contributed by atoms with E-state index in [0.29, 0.717) is 6.54 Å². The van der Waals surface area contributed by atoms with Gasteiger partial charge >= 0.3 is 0 Å². The molecule has 1 aliphatic rings. The SMILES string of the molecule is Cc1noc(-c2ccc3c(c2)CCCO3)c1CN. The Hall–Kier alpha value is -1.81. The molecule has 0 saturated carbocycles. The van der Waals surface area contributed by atoms with Crippen molar-refractivity contribution in [1.82, 2.24) is 5.16 Å². The minimum absolute atomic E-state index is 0.443. The average Bonchev–Trinajstić information content (AvgIpc) is 2.79. The molecule has 0 saturated heterocycles. The fourth-order valence-corrected chi connectivity index (χ4v) is 2.36. The Morgan fingerprint density at radius 1 is 1.39 bits per heavy atom. The van der Waals surface area contributed by atoms with Gasteiger partial charge in [0.05, 0.1) is 12.3 Å². The van der Waals surface area contributed by atoms with Gasteiger partial charge in [-0.1, -0.05) is 5.16 Å². The zero-order valence-corrected chi connectivity index (χ0v) is 10.4. The number of hydrogen-bond donors (Lipinski definition) is 1. The second kappa shape index (κ2) is 4.46. The van der Waals surface area contributed by atoms with Crippen LogP contribution in [0.1, 0.15) is 23.2 Å². The number of nitrogens with two attached hydrogens (primary N) is 1. The summed E-state index contributed by atoms with van der Waals surface area (Å²) in [5.41, 5.74) is 9.85. The third kappa shape index (κ3) is 1.78. The number of hydrogen-bond acceptors (Lipinski definition) is 4. The minimum Gasteiger partial charge on any atom is -0.493 e. The van der Waals surface area contributed by atoms with E-state index in [0.717, 1.165) is 47.8 Å². The fourth-order valence-electron chi connectivity index (χ4n) is 2.36. The smallest absolute Gasteiger partial charge is 0.171 e. The quantitative estimate of drug-likeness (QED) is 0.881. The summed E-state index contributed by atoms with van der Waals surface area (Å²) >= 11 is 0. The molecular weight excluding hydrogens is 228 g/mol. The maximum Gasteiger partial charge on any atom is 0.171 e. The molecule has 0 radical (unpaired) electrons. The van der Waals surface area contributed by atoms with Crippen LogP contribution in [0.3, 0.4) is 0 Å². The lowest BCUT2D eigenvalue weighted by atomic mass is 10.00. The van der Waals surface area contributed by atoms with Gasteiger partial charge in [-0.15, -0.1) is 0 Å². The average molecular weight is 244 g/mol. The van der Waals surface area contributed by atoms with Crippen molar-refractivity contribution in [3.8, 4) is 17.1 Å². The molecule has 0 atom stereocenters. The highest BCUT2D eigenvalue weighted by Gasteiger charge is 2.16. The molecule has 0 aliphatic carbocycles. The van der Waals surface area contributed by atoms with Crippen LogP contribution in [0.15, 0.2) is 22.7 Å². The van der Waals surface area contributed by atoms with Gasteiger partial charge in [0, 0.05) is 17.7 Å². The number of fused-ring (bicyclic) bond motifs is 1. The molecule has 1 aromatic heterocycles.